The lowest BCUT2D eigenvalue weighted by Gasteiger charge is -2.20. The minimum Gasteiger partial charge on any atom is -0.316 e. The first kappa shape index (κ1) is 13.5. The first-order valence-corrected chi connectivity index (χ1v) is 6.28. The molecule has 0 aliphatic carbocycles. The molecule has 0 bridgehead atoms. The van der Waals surface area contributed by atoms with Crippen LogP contribution < -0.4 is 5.32 Å². The first-order chi connectivity index (χ1) is 7.51. The number of hydrogen-bond acceptors (Lipinski definition) is 2. The average molecular weight is 244 g/mol. The minimum atomic E-state index is 0.443. The summed E-state index contributed by atoms with van der Waals surface area (Å²) in [6.07, 6.45) is 0.932. The Kier molecular flexibility index (Phi) is 4.81. The van der Waals surface area contributed by atoms with Crippen LogP contribution in [0.25, 0.3) is 0 Å². The van der Waals surface area contributed by atoms with E-state index in [0.717, 1.165) is 29.4 Å². The van der Waals surface area contributed by atoms with Crippen LogP contribution >= 0.6 is 11.6 Å². The van der Waals surface area contributed by atoms with E-state index in [1.165, 1.54) is 0 Å². The Morgan fingerprint density at radius 2 is 2.06 bits per heavy atom. The summed E-state index contributed by atoms with van der Waals surface area (Å²) in [5.41, 5.74) is 2.08. The number of likely N-dealkylation sites (N-methyl/N-ethyl adjacent to an activating group) is 1. The molecule has 1 N–H and O–H groups in total. The van der Waals surface area contributed by atoms with Crippen molar-refractivity contribution in [3.05, 3.63) is 16.4 Å². The third kappa shape index (κ3) is 2.77. The molecule has 0 amide bonds. The van der Waals surface area contributed by atoms with Crippen molar-refractivity contribution in [1.29, 1.82) is 0 Å². The van der Waals surface area contributed by atoms with Crippen LogP contribution in [0.4, 0.5) is 0 Å². The van der Waals surface area contributed by atoms with Crippen molar-refractivity contribution in [1.82, 2.24) is 15.1 Å². The van der Waals surface area contributed by atoms with Crippen LogP contribution in [0.15, 0.2) is 0 Å². The van der Waals surface area contributed by atoms with Crippen LogP contribution in [-0.4, -0.2) is 22.9 Å². The fraction of sp³-hybridized carbons (Fsp3) is 0.750. The number of rotatable bonds is 5. The fourth-order valence-electron chi connectivity index (χ4n) is 1.94. The van der Waals surface area contributed by atoms with Gasteiger partial charge in [-0.05, 0) is 26.8 Å². The number of nitrogens with zero attached hydrogens (tertiary/aromatic N) is 2. The zero-order valence-electron chi connectivity index (χ0n) is 10.8. The van der Waals surface area contributed by atoms with Crippen LogP contribution in [0.1, 0.15) is 32.2 Å². The molecule has 1 heterocycles. The second kappa shape index (κ2) is 5.69. The second-order valence-electron chi connectivity index (χ2n) is 4.51. The molecule has 0 aliphatic heterocycles. The standard InChI is InChI=1S/C12H22ClN3/c1-6-16-11(12(13)9(4)15-16)7-10(14-5)8(2)3/h8,10,14H,6-7H2,1-5H3. The predicted octanol–water partition coefficient (Wildman–Crippen LogP) is 2.65. The summed E-state index contributed by atoms with van der Waals surface area (Å²) in [5, 5.41) is 8.59. The Labute approximate surface area is 103 Å². The molecule has 92 valence electrons. The average Bonchev–Trinajstić information content (AvgIpc) is 2.51. The summed E-state index contributed by atoms with van der Waals surface area (Å²) >= 11 is 6.29. The molecule has 0 radical (unpaired) electrons. The lowest BCUT2D eigenvalue weighted by Crippen LogP contribution is -2.33. The van der Waals surface area contributed by atoms with Gasteiger partial charge in [0.25, 0.3) is 0 Å². The van der Waals surface area contributed by atoms with Gasteiger partial charge in [-0.3, -0.25) is 4.68 Å². The topological polar surface area (TPSA) is 29.9 Å². The van der Waals surface area contributed by atoms with Gasteiger partial charge in [-0.15, -0.1) is 0 Å². The highest BCUT2D eigenvalue weighted by molar-refractivity contribution is 6.31. The summed E-state index contributed by atoms with van der Waals surface area (Å²) in [5.74, 6) is 0.585. The molecule has 16 heavy (non-hydrogen) atoms. The third-order valence-electron chi connectivity index (χ3n) is 3.04. The Morgan fingerprint density at radius 1 is 1.44 bits per heavy atom. The molecule has 0 spiro atoms. The van der Waals surface area contributed by atoms with E-state index in [1.54, 1.807) is 0 Å². The first-order valence-electron chi connectivity index (χ1n) is 5.90. The van der Waals surface area contributed by atoms with E-state index in [9.17, 15) is 0 Å². The van der Waals surface area contributed by atoms with Crippen molar-refractivity contribution in [2.75, 3.05) is 7.05 Å². The molecule has 4 heteroatoms. The number of hydrogen-bond donors (Lipinski definition) is 1. The summed E-state index contributed by atoms with van der Waals surface area (Å²) in [6, 6.07) is 0.443. The van der Waals surface area contributed by atoms with Crippen LogP contribution in [0, 0.1) is 12.8 Å². The molecule has 1 aromatic rings. The van der Waals surface area contributed by atoms with Crippen molar-refractivity contribution in [3.8, 4) is 0 Å². The number of aryl methyl sites for hydroxylation is 2. The molecular formula is C12H22ClN3. The minimum absolute atomic E-state index is 0.443. The predicted molar refractivity (Wildman–Crippen MR) is 69.0 cm³/mol. The van der Waals surface area contributed by atoms with Gasteiger partial charge in [-0.25, -0.2) is 0 Å². The number of halogens is 1. The molecular weight excluding hydrogens is 222 g/mol. The van der Waals surface area contributed by atoms with Gasteiger partial charge in [-0.1, -0.05) is 25.4 Å². The zero-order chi connectivity index (χ0) is 12.3. The van der Waals surface area contributed by atoms with Crippen molar-refractivity contribution >= 4 is 11.6 Å². The van der Waals surface area contributed by atoms with Crippen molar-refractivity contribution in [2.45, 2.75) is 46.7 Å². The normalized spacial score (nSPS) is 13.4. The van der Waals surface area contributed by atoms with E-state index < -0.39 is 0 Å². The molecule has 0 aliphatic rings. The van der Waals surface area contributed by atoms with Crippen LogP contribution in [-0.2, 0) is 13.0 Å². The number of nitrogens with one attached hydrogen (secondary N) is 1. The van der Waals surface area contributed by atoms with Gasteiger partial charge in [0.05, 0.1) is 16.4 Å². The molecule has 1 aromatic heterocycles. The molecule has 0 saturated carbocycles. The monoisotopic (exact) mass is 243 g/mol. The number of aromatic nitrogens is 2. The van der Waals surface area contributed by atoms with Gasteiger partial charge in [0, 0.05) is 19.0 Å². The van der Waals surface area contributed by atoms with E-state index in [0.29, 0.717) is 12.0 Å². The lowest BCUT2D eigenvalue weighted by molar-refractivity contribution is 0.412. The van der Waals surface area contributed by atoms with E-state index in [-0.39, 0.29) is 0 Å². The second-order valence-corrected chi connectivity index (χ2v) is 4.88. The maximum Gasteiger partial charge on any atom is 0.0847 e. The maximum atomic E-state index is 6.29. The fourth-order valence-corrected chi connectivity index (χ4v) is 2.16. The zero-order valence-corrected chi connectivity index (χ0v) is 11.6. The van der Waals surface area contributed by atoms with E-state index >= 15 is 0 Å². The van der Waals surface area contributed by atoms with Gasteiger partial charge in [-0.2, -0.15) is 5.10 Å². The quantitative estimate of drug-likeness (QED) is 0.862. The highest BCUT2D eigenvalue weighted by Crippen LogP contribution is 2.22. The Bertz CT molecular complexity index is 344. The molecule has 1 unspecified atom stereocenters. The largest absolute Gasteiger partial charge is 0.316 e. The molecule has 0 saturated heterocycles. The summed E-state index contributed by atoms with van der Waals surface area (Å²) in [6.45, 7) is 9.36. The van der Waals surface area contributed by atoms with Gasteiger partial charge in [0.1, 0.15) is 0 Å². The van der Waals surface area contributed by atoms with Gasteiger partial charge >= 0.3 is 0 Å². The highest BCUT2D eigenvalue weighted by atomic mass is 35.5. The Morgan fingerprint density at radius 3 is 2.50 bits per heavy atom. The summed E-state index contributed by atoms with van der Waals surface area (Å²) in [7, 11) is 2.00. The van der Waals surface area contributed by atoms with E-state index in [4.69, 9.17) is 11.6 Å². The molecule has 1 atom stereocenters. The van der Waals surface area contributed by atoms with Crippen LogP contribution in [0.3, 0.4) is 0 Å². The van der Waals surface area contributed by atoms with Crippen LogP contribution in [0.5, 0.6) is 0 Å². The van der Waals surface area contributed by atoms with Gasteiger partial charge in [0.15, 0.2) is 0 Å². The molecule has 1 rings (SSSR count). The summed E-state index contributed by atoms with van der Waals surface area (Å²) < 4.78 is 2.00. The SMILES string of the molecule is CCn1nc(C)c(Cl)c1CC(NC)C(C)C. The maximum absolute atomic E-state index is 6.29. The summed E-state index contributed by atoms with van der Waals surface area (Å²) in [4.78, 5) is 0. The van der Waals surface area contributed by atoms with Gasteiger partial charge in [0.2, 0.25) is 0 Å². The molecule has 0 fully saturated rings. The highest BCUT2D eigenvalue weighted by Gasteiger charge is 2.18. The van der Waals surface area contributed by atoms with E-state index in [1.807, 2.05) is 18.7 Å². The van der Waals surface area contributed by atoms with Crippen molar-refractivity contribution < 1.29 is 0 Å². The van der Waals surface area contributed by atoms with E-state index in [2.05, 4.69) is 31.2 Å². The third-order valence-corrected chi connectivity index (χ3v) is 3.53. The molecule has 0 aromatic carbocycles. The van der Waals surface area contributed by atoms with Crippen molar-refractivity contribution in [2.24, 2.45) is 5.92 Å². The van der Waals surface area contributed by atoms with Gasteiger partial charge < -0.3 is 5.32 Å². The van der Waals surface area contributed by atoms with Crippen LogP contribution in [0.2, 0.25) is 5.02 Å². The lowest BCUT2D eigenvalue weighted by atomic mass is 9.99. The van der Waals surface area contributed by atoms with Crippen molar-refractivity contribution in [3.63, 3.8) is 0 Å². The smallest absolute Gasteiger partial charge is 0.0847 e. The molecule has 3 nitrogen and oxygen atoms in total. The Hall–Kier alpha value is -0.540. The Balaban J connectivity index is 2.94.